The maximum absolute atomic E-state index is 13.2. The third kappa shape index (κ3) is 3.25. The number of piperidine rings is 1. The van der Waals surface area contributed by atoms with Gasteiger partial charge in [-0.25, -0.2) is 0 Å². The van der Waals surface area contributed by atoms with Crippen LogP contribution >= 0.6 is 0 Å². The summed E-state index contributed by atoms with van der Waals surface area (Å²) in [6, 6.07) is 19.6. The van der Waals surface area contributed by atoms with Gasteiger partial charge < -0.3 is 10.0 Å². The van der Waals surface area contributed by atoms with Crippen LogP contribution in [0.5, 0.6) is 0 Å². The van der Waals surface area contributed by atoms with Crippen molar-refractivity contribution in [2.45, 2.75) is 37.5 Å². The average molecular weight is 363 g/mol. The van der Waals surface area contributed by atoms with Crippen LogP contribution in [0.2, 0.25) is 0 Å². The molecule has 1 saturated heterocycles. The third-order valence-corrected chi connectivity index (χ3v) is 6.33. The molecule has 27 heavy (non-hydrogen) atoms. The highest BCUT2D eigenvalue weighted by molar-refractivity contribution is 5.87. The molecule has 1 aliphatic carbocycles. The number of hydrogen-bond donors (Lipinski definition) is 1. The summed E-state index contributed by atoms with van der Waals surface area (Å²) in [5.41, 5.74) is 0.894. The van der Waals surface area contributed by atoms with E-state index in [0.717, 1.165) is 24.8 Å². The molecule has 0 atom stereocenters. The van der Waals surface area contributed by atoms with E-state index in [0.29, 0.717) is 25.9 Å². The molecule has 140 valence electrons. The highest BCUT2D eigenvalue weighted by Gasteiger charge is 2.53. The SMILES string of the molecule is O=C(N1CCC(C(=O)O)(c2ccccc2)CC1)C1(Cc2ccccc2)CC1. The fourth-order valence-electron chi connectivity index (χ4n) is 4.41. The van der Waals surface area contributed by atoms with E-state index in [-0.39, 0.29) is 11.3 Å². The topological polar surface area (TPSA) is 57.6 Å². The minimum Gasteiger partial charge on any atom is -0.481 e. The van der Waals surface area contributed by atoms with Crippen LogP contribution in [0.1, 0.15) is 36.8 Å². The molecule has 4 rings (SSSR count). The molecule has 2 aromatic rings. The molecule has 0 unspecified atom stereocenters. The molecule has 2 aromatic carbocycles. The molecule has 2 fully saturated rings. The molecule has 0 bridgehead atoms. The first-order valence-corrected chi connectivity index (χ1v) is 9.68. The highest BCUT2D eigenvalue weighted by atomic mass is 16.4. The zero-order valence-electron chi connectivity index (χ0n) is 15.4. The van der Waals surface area contributed by atoms with E-state index in [1.165, 1.54) is 5.56 Å². The molecule has 0 aromatic heterocycles. The minimum atomic E-state index is -0.881. The summed E-state index contributed by atoms with van der Waals surface area (Å²) in [4.78, 5) is 27.2. The van der Waals surface area contributed by atoms with Gasteiger partial charge in [-0.1, -0.05) is 60.7 Å². The molecular weight excluding hydrogens is 338 g/mol. The second kappa shape index (κ2) is 6.84. The van der Waals surface area contributed by atoms with Gasteiger partial charge in [-0.3, -0.25) is 9.59 Å². The Morgan fingerprint density at radius 3 is 1.93 bits per heavy atom. The van der Waals surface area contributed by atoms with E-state index in [1.54, 1.807) is 0 Å². The van der Waals surface area contributed by atoms with Crippen molar-refractivity contribution in [1.29, 1.82) is 0 Å². The summed E-state index contributed by atoms with van der Waals surface area (Å²) in [6.45, 7) is 1.02. The largest absolute Gasteiger partial charge is 0.481 e. The molecule has 4 nitrogen and oxygen atoms in total. The molecule has 1 aliphatic heterocycles. The van der Waals surface area contributed by atoms with Gasteiger partial charge in [-0.05, 0) is 43.2 Å². The van der Waals surface area contributed by atoms with Gasteiger partial charge in [0, 0.05) is 13.1 Å². The molecule has 1 amide bonds. The van der Waals surface area contributed by atoms with E-state index in [2.05, 4.69) is 12.1 Å². The van der Waals surface area contributed by atoms with Gasteiger partial charge in [0.1, 0.15) is 0 Å². The van der Waals surface area contributed by atoms with Gasteiger partial charge in [0.05, 0.1) is 10.8 Å². The molecular formula is C23H25NO3. The molecule has 0 spiro atoms. The van der Waals surface area contributed by atoms with Gasteiger partial charge >= 0.3 is 5.97 Å². The second-order valence-electron chi connectivity index (χ2n) is 7.99. The Morgan fingerprint density at radius 1 is 0.852 bits per heavy atom. The van der Waals surface area contributed by atoms with E-state index in [9.17, 15) is 14.7 Å². The van der Waals surface area contributed by atoms with Gasteiger partial charge in [0.25, 0.3) is 0 Å². The van der Waals surface area contributed by atoms with Crippen molar-refractivity contribution < 1.29 is 14.7 Å². The molecule has 1 heterocycles. The van der Waals surface area contributed by atoms with Crippen LogP contribution in [-0.4, -0.2) is 35.0 Å². The predicted octanol–water partition coefficient (Wildman–Crippen LogP) is 3.65. The highest BCUT2D eigenvalue weighted by Crippen LogP contribution is 2.50. The smallest absolute Gasteiger partial charge is 0.314 e. The number of carbonyl (C=O) groups excluding carboxylic acids is 1. The van der Waals surface area contributed by atoms with Crippen LogP contribution in [0.25, 0.3) is 0 Å². The third-order valence-electron chi connectivity index (χ3n) is 6.33. The van der Waals surface area contributed by atoms with Crippen LogP contribution < -0.4 is 0 Å². The molecule has 1 N–H and O–H groups in total. The zero-order chi connectivity index (χ0) is 18.9. The summed E-state index contributed by atoms with van der Waals surface area (Å²) >= 11 is 0. The van der Waals surface area contributed by atoms with Crippen LogP contribution in [0.4, 0.5) is 0 Å². The standard InChI is InChI=1S/C23H25NO3/c25-20(22(11-12-22)17-18-7-3-1-4-8-18)24-15-13-23(14-16-24,21(26)27)19-9-5-2-6-10-19/h1-10H,11-17H2,(H,26,27). The number of carboxylic acids is 1. The molecule has 0 radical (unpaired) electrons. The summed E-state index contributed by atoms with van der Waals surface area (Å²) in [5, 5.41) is 9.93. The van der Waals surface area contributed by atoms with Crippen molar-refractivity contribution >= 4 is 11.9 Å². The summed E-state index contributed by atoms with van der Waals surface area (Å²) in [6.07, 6.45) is 3.59. The van der Waals surface area contributed by atoms with Crippen LogP contribution in [0, 0.1) is 5.41 Å². The van der Waals surface area contributed by atoms with Crippen molar-refractivity contribution in [3.63, 3.8) is 0 Å². The number of hydrogen-bond acceptors (Lipinski definition) is 2. The van der Waals surface area contributed by atoms with Gasteiger partial charge in [0.2, 0.25) is 5.91 Å². The first kappa shape index (κ1) is 17.8. The van der Waals surface area contributed by atoms with E-state index in [4.69, 9.17) is 0 Å². The fourth-order valence-corrected chi connectivity index (χ4v) is 4.41. The number of amides is 1. The van der Waals surface area contributed by atoms with Crippen molar-refractivity contribution in [3.05, 3.63) is 71.8 Å². The van der Waals surface area contributed by atoms with E-state index < -0.39 is 11.4 Å². The maximum atomic E-state index is 13.2. The van der Waals surface area contributed by atoms with Gasteiger partial charge in [-0.15, -0.1) is 0 Å². The first-order chi connectivity index (χ1) is 13.1. The lowest BCUT2D eigenvalue weighted by Gasteiger charge is -2.40. The predicted molar refractivity (Wildman–Crippen MR) is 103 cm³/mol. The Morgan fingerprint density at radius 2 is 1.41 bits per heavy atom. The Kier molecular flexibility index (Phi) is 4.50. The van der Waals surface area contributed by atoms with Gasteiger partial charge in [-0.2, -0.15) is 0 Å². The number of likely N-dealkylation sites (tertiary alicyclic amines) is 1. The number of benzene rings is 2. The normalized spacial score (nSPS) is 20.1. The maximum Gasteiger partial charge on any atom is 0.314 e. The summed E-state index contributed by atoms with van der Waals surface area (Å²) < 4.78 is 0. The Bertz CT molecular complexity index is 819. The lowest BCUT2D eigenvalue weighted by Crippen LogP contribution is -2.51. The van der Waals surface area contributed by atoms with Crippen molar-refractivity contribution in [1.82, 2.24) is 4.90 Å². The van der Waals surface area contributed by atoms with Crippen molar-refractivity contribution in [2.24, 2.45) is 5.41 Å². The van der Waals surface area contributed by atoms with Crippen LogP contribution in [-0.2, 0) is 21.4 Å². The van der Waals surface area contributed by atoms with Crippen LogP contribution in [0.15, 0.2) is 60.7 Å². The number of nitrogens with zero attached hydrogens (tertiary/aromatic N) is 1. The van der Waals surface area contributed by atoms with E-state index >= 15 is 0 Å². The monoisotopic (exact) mass is 363 g/mol. The second-order valence-corrected chi connectivity index (χ2v) is 7.99. The number of rotatable bonds is 5. The molecule has 4 heteroatoms. The quantitative estimate of drug-likeness (QED) is 0.882. The minimum absolute atomic E-state index is 0.207. The Hall–Kier alpha value is -2.62. The summed E-state index contributed by atoms with van der Waals surface area (Å²) in [5.74, 6) is -0.579. The van der Waals surface area contributed by atoms with Gasteiger partial charge in [0.15, 0.2) is 0 Å². The number of carbonyl (C=O) groups is 2. The lowest BCUT2D eigenvalue weighted by molar-refractivity contribution is -0.149. The number of carboxylic acid groups (broad SMARTS) is 1. The molecule has 2 aliphatic rings. The Balaban J connectivity index is 1.47. The first-order valence-electron chi connectivity index (χ1n) is 9.68. The lowest BCUT2D eigenvalue weighted by atomic mass is 9.72. The zero-order valence-corrected chi connectivity index (χ0v) is 15.4. The Labute approximate surface area is 159 Å². The van der Waals surface area contributed by atoms with Crippen LogP contribution in [0.3, 0.4) is 0 Å². The fraction of sp³-hybridized carbons (Fsp3) is 0.391. The van der Waals surface area contributed by atoms with E-state index in [1.807, 2.05) is 53.4 Å². The number of aliphatic carboxylic acids is 1. The summed E-state index contributed by atoms with van der Waals surface area (Å²) in [7, 11) is 0. The average Bonchev–Trinajstić information content (AvgIpc) is 3.49. The van der Waals surface area contributed by atoms with Crippen molar-refractivity contribution in [2.75, 3.05) is 13.1 Å². The van der Waals surface area contributed by atoms with Crippen molar-refractivity contribution in [3.8, 4) is 0 Å². The molecule has 1 saturated carbocycles.